The van der Waals surface area contributed by atoms with Gasteiger partial charge in [0.15, 0.2) is 11.4 Å². The Balaban J connectivity index is 1.78. The Morgan fingerprint density at radius 2 is 1.72 bits per heavy atom. The standard InChI is InChI=1S/C25H21NO3/c1-3-28-20-14-12-19(13-15-20)24(27)21(16-18-10-8-17(2)9-11-18)25-26-22-6-4-5-7-23(22)29-25/h4-16H,3H2,1-2H3/b21-16-. The largest absolute Gasteiger partial charge is 0.494 e. The molecule has 4 heteroatoms. The molecule has 0 bridgehead atoms. The van der Waals surface area contributed by atoms with Crippen molar-refractivity contribution in [3.63, 3.8) is 0 Å². The molecule has 1 heterocycles. The van der Waals surface area contributed by atoms with Gasteiger partial charge in [0.1, 0.15) is 11.3 Å². The number of fused-ring (bicyclic) bond motifs is 1. The monoisotopic (exact) mass is 383 g/mol. The highest BCUT2D eigenvalue weighted by atomic mass is 16.5. The number of Topliss-reactive ketones (excluding diaryl/α,β-unsaturated/α-hetero) is 1. The lowest BCUT2D eigenvalue weighted by Crippen LogP contribution is -2.03. The Kier molecular flexibility index (Phi) is 5.25. The van der Waals surface area contributed by atoms with Crippen LogP contribution in [0.25, 0.3) is 22.7 Å². The number of carbonyl (C=O) groups is 1. The summed E-state index contributed by atoms with van der Waals surface area (Å²) in [5, 5.41) is 0. The zero-order valence-electron chi connectivity index (χ0n) is 16.4. The first kappa shape index (κ1) is 18.7. The van der Waals surface area contributed by atoms with E-state index in [0.717, 1.165) is 22.4 Å². The number of nitrogens with zero attached hydrogens (tertiary/aromatic N) is 1. The quantitative estimate of drug-likeness (QED) is 0.305. The molecule has 0 unspecified atom stereocenters. The van der Waals surface area contributed by atoms with Crippen LogP contribution < -0.4 is 4.74 Å². The molecule has 0 aliphatic heterocycles. The van der Waals surface area contributed by atoms with Crippen molar-refractivity contribution in [2.75, 3.05) is 6.61 Å². The van der Waals surface area contributed by atoms with Gasteiger partial charge in [-0.25, -0.2) is 4.98 Å². The molecule has 4 rings (SSSR count). The first-order valence-electron chi connectivity index (χ1n) is 9.56. The highest BCUT2D eigenvalue weighted by molar-refractivity contribution is 6.31. The maximum absolute atomic E-state index is 13.4. The van der Waals surface area contributed by atoms with Crippen molar-refractivity contribution in [1.29, 1.82) is 0 Å². The van der Waals surface area contributed by atoms with Gasteiger partial charge in [-0.1, -0.05) is 42.0 Å². The van der Waals surface area contributed by atoms with Crippen molar-refractivity contribution in [3.05, 3.63) is 95.4 Å². The zero-order valence-corrected chi connectivity index (χ0v) is 16.4. The molecule has 0 radical (unpaired) electrons. The molecule has 1 aromatic heterocycles. The molecule has 4 aromatic rings. The van der Waals surface area contributed by atoms with Crippen LogP contribution in [0.4, 0.5) is 0 Å². The molecule has 0 aliphatic carbocycles. The summed E-state index contributed by atoms with van der Waals surface area (Å²) in [6.07, 6.45) is 1.82. The number of carbonyl (C=O) groups excluding carboxylic acids is 1. The summed E-state index contributed by atoms with van der Waals surface area (Å²) in [6.45, 7) is 4.53. The van der Waals surface area contributed by atoms with E-state index in [1.807, 2.05) is 68.5 Å². The summed E-state index contributed by atoms with van der Waals surface area (Å²) >= 11 is 0. The summed E-state index contributed by atoms with van der Waals surface area (Å²) < 4.78 is 11.4. The molecule has 0 spiro atoms. The Labute approximate surface area is 169 Å². The molecular formula is C25H21NO3. The van der Waals surface area contributed by atoms with Crippen molar-refractivity contribution >= 4 is 28.5 Å². The van der Waals surface area contributed by atoms with Crippen molar-refractivity contribution < 1.29 is 13.9 Å². The molecule has 0 amide bonds. The number of ether oxygens (including phenoxy) is 1. The van der Waals surface area contributed by atoms with Crippen LogP contribution in [0.2, 0.25) is 0 Å². The lowest BCUT2D eigenvalue weighted by Gasteiger charge is -2.06. The number of para-hydroxylation sites is 2. The molecule has 0 aliphatic rings. The molecule has 144 valence electrons. The molecule has 0 saturated heterocycles. The number of aromatic nitrogens is 1. The smallest absolute Gasteiger partial charge is 0.231 e. The maximum atomic E-state index is 13.4. The van der Waals surface area contributed by atoms with Crippen LogP contribution in [0.1, 0.15) is 34.3 Å². The van der Waals surface area contributed by atoms with Gasteiger partial charge in [-0.2, -0.15) is 0 Å². The van der Waals surface area contributed by atoms with Crippen molar-refractivity contribution in [2.24, 2.45) is 0 Å². The van der Waals surface area contributed by atoms with Gasteiger partial charge >= 0.3 is 0 Å². The van der Waals surface area contributed by atoms with Crippen LogP contribution in [0, 0.1) is 6.92 Å². The van der Waals surface area contributed by atoms with Gasteiger partial charge < -0.3 is 9.15 Å². The number of allylic oxidation sites excluding steroid dienone is 1. The normalized spacial score (nSPS) is 11.6. The summed E-state index contributed by atoms with van der Waals surface area (Å²) in [6, 6.07) is 22.6. The first-order chi connectivity index (χ1) is 14.1. The third kappa shape index (κ3) is 4.11. The number of rotatable bonds is 6. The van der Waals surface area contributed by atoms with Crippen molar-refractivity contribution in [1.82, 2.24) is 4.98 Å². The van der Waals surface area contributed by atoms with E-state index in [4.69, 9.17) is 9.15 Å². The lowest BCUT2D eigenvalue weighted by atomic mass is 10.0. The molecule has 3 aromatic carbocycles. The average molecular weight is 383 g/mol. The van der Waals surface area contributed by atoms with Crippen LogP contribution in [0.15, 0.2) is 77.2 Å². The second-order valence-electron chi connectivity index (χ2n) is 6.74. The Morgan fingerprint density at radius 3 is 2.41 bits per heavy atom. The highest BCUT2D eigenvalue weighted by Crippen LogP contribution is 2.27. The minimum atomic E-state index is -0.153. The minimum absolute atomic E-state index is 0.153. The number of hydrogen-bond acceptors (Lipinski definition) is 4. The van der Waals surface area contributed by atoms with E-state index in [1.165, 1.54) is 0 Å². The van der Waals surface area contributed by atoms with Gasteiger partial charge in [0.2, 0.25) is 5.89 Å². The van der Waals surface area contributed by atoms with E-state index in [0.29, 0.717) is 29.2 Å². The van der Waals surface area contributed by atoms with E-state index >= 15 is 0 Å². The average Bonchev–Trinajstić information content (AvgIpc) is 3.17. The van der Waals surface area contributed by atoms with Crippen LogP contribution >= 0.6 is 0 Å². The van der Waals surface area contributed by atoms with Crippen LogP contribution in [0.5, 0.6) is 5.75 Å². The maximum Gasteiger partial charge on any atom is 0.231 e. The van der Waals surface area contributed by atoms with E-state index in [2.05, 4.69) is 4.98 Å². The lowest BCUT2D eigenvalue weighted by molar-refractivity contribution is 0.105. The SMILES string of the molecule is CCOc1ccc(C(=O)/C(=C/c2ccc(C)cc2)c2nc3ccccc3o2)cc1. The molecule has 29 heavy (non-hydrogen) atoms. The molecule has 0 atom stereocenters. The van der Waals surface area contributed by atoms with Gasteiger partial charge in [0.25, 0.3) is 0 Å². The number of benzene rings is 3. The van der Waals surface area contributed by atoms with Gasteiger partial charge in [-0.15, -0.1) is 0 Å². The van der Waals surface area contributed by atoms with E-state index in [9.17, 15) is 4.79 Å². The van der Waals surface area contributed by atoms with Crippen LogP contribution in [-0.4, -0.2) is 17.4 Å². The summed E-state index contributed by atoms with van der Waals surface area (Å²) in [5.41, 5.74) is 4.40. The predicted octanol–water partition coefficient (Wildman–Crippen LogP) is 5.96. The topological polar surface area (TPSA) is 52.3 Å². The van der Waals surface area contributed by atoms with Gasteiger partial charge in [-0.3, -0.25) is 4.79 Å². The second kappa shape index (κ2) is 8.15. The minimum Gasteiger partial charge on any atom is -0.494 e. The van der Waals surface area contributed by atoms with Crippen LogP contribution in [0.3, 0.4) is 0 Å². The highest BCUT2D eigenvalue weighted by Gasteiger charge is 2.20. The van der Waals surface area contributed by atoms with Crippen molar-refractivity contribution in [2.45, 2.75) is 13.8 Å². The number of oxazole rings is 1. The Bertz CT molecular complexity index is 1140. The summed E-state index contributed by atoms with van der Waals surface area (Å²) in [7, 11) is 0. The number of ketones is 1. The van der Waals surface area contributed by atoms with Gasteiger partial charge in [-0.05, 0) is 61.9 Å². The summed E-state index contributed by atoms with van der Waals surface area (Å²) in [4.78, 5) is 17.9. The number of aryl methyl sites for hydroxylation is 1. The van der Waals surface area contributed by atoms with Gasteiger partial charge in [0, 0.05) is 5.56 Å². The Hall–Kier alpha value is -3.66. The fourth-order valence-corrected chi connectivity index (χ4v) is 3.07. The molecule has 4 nitrogen and oxygen atoms in total. The third-order valence-electron chi connectivity index (χ3n) is 4.58. The van der Waals surface area contributed by atoms with Crippen molar-refractivity contribution in [3.8, 4) is 5.75 Å². The number of hydrogen-bond donors (Lipinski definition) is 0. The second-order valence-corrected chi connectivity index (χ2v) is 6.74. The van der Waals surface area contributed by atoms with E-state index in [1.54, 1.807) is 24.3 Å². The molecule has 0 saturated carbocycles. The Morgan fingerprint density at radius 1 is 1.00 bits per heavy atom. The third-order valence-corrected chi connectivity index (χ3v) is 4.58. The molecule has 0 fully saturated rings. The molecule has 0 N–H and O–H groups in total. The zero-order chi connectivity index (χ0) is 20.2. The fourth-order valence-electron chi connectivity index (χ4n) is 3.07. The molecular weight excluding hydrogens is 362 g/mol. The first-order valence-corrected chi connectivity index (χ1v) is 9.56. The predicted molar refractivity (Wildman–Crippen MR) is 115 cm³/mol. The van der Waals surface area contributed by atoms with Gasteiger partial charge in [0.05, 0.1) is 12.2 Å². The van der Waals surface area contributed by atoms with E-state index < -0.39 is 0 Å². The van der Waals surface area contributed by atoms with E-state index in [-0.39, 0.29) is 5.78 Å². The van der Waals surface area contributed by atoms with Crippen LogP contribution in [-0.2, 0) is 0 Å². The summed E-state index contributed by atoms with van der Waals surface area (Å²) in [5.74, 6) is 0.890. The fraction of sp³-hybridized carbons (Fsp3) is 0.120.